The predicted molar refractivity (Wildman–Crippen MR) is 133 cm³/mol. The molecule has 4 aromatic rings. The fourth-order valence-electron chi connectivity index (χ4n) is 3.50. The topological polar surface area (TPSA) is 104 Å². The first-order valence-electron chi connectivity index (χ1n) is 10.8. The van der Waals surface area contributed by atoms with Gasteiger partial charge in [0.25, 0.3) is 5.91 Å². The first-order chi connectivity index (χ1) is 16.3. The molecule has 7 nitrogen and oxygen atoms in total. The van der Waals surface area contributed by atoms with Gasteiger partial charge in [-0.3, -0.25) is 4.79 Å². The highest BCUT2D eigenvalue weighted by molar-refractivity contribution is 6.07. The third-order valence-corrected chi connectivity index (χ3v) is 5.11. The highest BCUT2D eigenvalue weighted by Crippen LogP contribution is 2.28. The molecule has 0 spiro atoms. The molecule has 0 saturated carbocycles. The summed E-state index contributed by atoms with van der Waals surface area (Å²) < 4.78 is 5.72. The Labute approximate surface area is 197 Å². The summed E-state index contributed by atoms with van der Waals surface area (Å²) in [7, 11) is 0. The van der Waals surface area contributed by atoms with Crippen LogP contribution >= 0.6 is 0 Å². The van der Waals surface area contributed by atoms with E-state index in [9.17, 15) is 15.0 Å². The summed E-state index contributed by atoms with van der Waals surface area (Å²) >= 11 is 0. The third kappa shape index (κ3) is 5.15. The number of aryl methyl sites for hydroxylation is 1. The average Bonchev–Trinajstić information content (AvgIpc) is 2.81. The third-order valence-electron chi connectivity index (χ3n) is 5.11. The number of fused-ring (bicyclic) bond motifs is 1. The van der Waals surface area contributed by atoms with Crippen LogP contribution in [0.15, 0.2) is 71.8 Å². The van der Waals surface area contributed by atoms with Gasteiger partial charge >= 0.3 is 0 Å². The zero-order valence-electron chi connectivity index (χ0n) is 19.1. The zero-order chi connectivity index (χ0) is 24.2. The van der Waals surface area contributed by atoms with Gasteiger partial charge in [-0.15, -0.1) is 0 Å². The first kappa shape index (κ1) is 22.8. The zero-order valence-corrected chi connectivity index (χ0v) is 19.1. The fraction of sp³-hybridized carbons (Fsp3) is 0.148. The van der Waals surface area contributed by atoms with Gasteiger partial charge in [0.05, 0.1) is 29.1 Å². The molecule has 3 aromatic carbocycles. The van der Waals surface area contributed by atoms with Crippen LogP contribution in [0.3, 0.4) is 0 Å². The number of benzene rings is 3. The van der Waals surface area contributed by atoms with Gasteiger partial charge in [-0.1, -0.05) is 11.6 Å². The smallest absolute Gasteiger partial charge is 0.272 e. The molecule has 4 rings (SSSR count). The van der Waals surface area contributed by atoms with Crippen LogP contribution in [0.4, 0.5) is 0 Å². The van der Waals surface area contributed by atoms with E-state index in [4.69, 9.17) is 9.72 Å². The molecule has 172 valence electrons. The number of pyridine rings is 1. The standard InChI is InChI=1S/C27H25N3O4/c1-16(2)34-20-8-6-19(7-9-20)24-14-22(21-12-17(3)4-10-23(21)29-24)27(33)30-28-15-18-5-11-25(31)26(32)13-18/h4-16,31-32H,1-3H3,(H,30,33)/b28-15+. The van der Waals surface area contributed by atoms with Crippen molar-refractivity contribution < 1.29 is 19.7 Å². The molecule has 0 atom stereocenters. The Hall–Kier alpha value is -4.39. The van der Waals surface area contributed by atoms with Gasteiger partial charge in [0.1, 0.15) is 5.75 Å². The van der Waals surface area contributed by atoms with Gasteiger partial charge in [0.15, 0.2) is 11.5 Å². The number of hydrogen-bond donors (Lipinski definition) is 3. The Balaban J connectivity index is 1.66. The number of ether oxygens (including phenoxy) is 1. The number of nitrogens with one attached hydrogen (secondary N) is 1. The maximum atomic E-state index is 13.1. The van der Waals surface area contributed by atoms with Crippen molar-refractivity contribution in [1.29, 1.82) is 0 Å². The van der Waals surface area contributed by atoms with Crippen molar-refractivity contribution in [2.75, 3.05) is 0 Å². The van der Waals surface area contributed by atoms with E-state index in [0.29, 0.717) is 22.3 Å². The van der Waals surface area contributed by atoms with Crippen molar-refractivity contribution in [1.82, 2.24) is 10.4 Å². The summed E-state index contributed by atoms with van der Waals surface area (Å²) in [6, 6.07) is 19.4. The minimum Gasteiger partial charge on any atom is -0.504 e. The van der Waals surface area contributed by atoms with E-state index in [1.54, 1.807) is 12.1 Å². The van der Waals surface area contributed by atoms with Crippen molar-refractivity contribution in [2.45, 2.75) is 26.9 Å². The molecule has 0 fully saturated rings. The van der Waals surface area contributed by atoms with E-state index < -0.39 is 5.91 Å². The summed E-state index contributed by atoms with van der Waals surface area (Å²) in [5.74, 6) is -0.113. The van der Waals surface area contributed by atoms with Crippen LogP contribution in [0.2, 0.25) is 0 Å². The number of carbonyl (C=O) groups is 1. The van der Waals surface area contributed by atoms with Crippen molar-refractivity contribution in [3.05, 3.63) is 83.4 Å². The number of phenols is 2. The van der Waals surface area contributed by atoms with Crippen molar-refractivity contribution in [3.63, 3.8) is 0 Å². The number of carbonyl (C=O) groups excluding carboxylic acids is 1. The lowest BCUT2D eigenvalue weighted by atomic mass is 10.0. The SMILES string of the molecule is Cc1ccc2nc(-c3ccc(OC(C)C)cc3)cc(C(=O)N/N=C/c3ccc(O)c(O)c3)c2c1. The molecule has 0 radical (unpaired) electrons. The van der Waals surface area contributed by atoms with Crippen LogP contribution in [0.5, 0.6) is 17.2 Å². The Morgan fingerprint density at radius 3 is 2.47 bits per heavy atom. The molecule has 1 aromatic heterocycles. The van der Waals surface area contributed by atoms with Crippen molar-refractivity contribution >= 4 is 23.0 Å². The molecular weight excluding hydrogens is 430 g/mol. The van der Waals surface area contributed by atoms with E-state index in [2.05, 4.69) is 10.5 Å². The number of aromatic hydroxyl groups is 2. The van der Waals surface area contributed by atoms with Gasteiger partial charge < -0.3 is 14.9 Å². The predicted octanol–water partition coefficient (Wildman–Crippen LogP) is 5.17. The summed E-state index contributed by atoms with van der Waals surface area (Å²) in [6.45, 7) is 5.90. The largest absolute Gasteiger partial charge is 0.504 e. The lowest BCUT2D eigenvalue weighted by molar-refractivity contribution is 0.0956. The highest BCUT2D eigenvalue weighted by atomic mass is 16.5. The number of amides is 1. The van der Waals surface area contributed by atoms with E-state index in [1.807, 2.05) is 63.2 Å². The first-order valence-corrected chi connectivity index (χ1v) is 10.8. The monoisotopic (exact) mass is 455 g/mol. The van der Waals surface area contributed by atoms with Crippen LogP contribution in [-0.4, -0.2) is 33.4 Å². The number of nitrogens with zero attached hydrogens (tertiary/aromatic N) is 2. The summed E-state index contributed by atoms with van der Waals surface area (Å²) in [4.78, 5) is 17.8. The molecule has 7 heteroatoms. The van der Waals surface area contributed by atoms with E-state index >= 15 is 0 Å². The van der Waals surface area contributed by atoms with Crippen LogP contribution in [-0.2, 0) is 0 Å². The maximum absolute atomic E-state index is 13.1. The van der Waals surface area contributed by atoms with Gasteiger partial charge in [-0.05, 0) is 87.0 Å². The molecule has 0 aliphatic heterocycles. The highest BCUT2D eigenvalue weighted by Gasteiger charge is 2.14. The van der Waals surface area contributed by atoms with Crippen molar-refractivity contribution in [2.24, 2.45) is 5.10 Å². The molecule has 0 unspecified atom stereocenters. The average molecular weight is 456 g/mol. The number of phenolic OH excluding ortho intramolecular Hbond substituents is 2. The van der Waals surface area contributed by atoms with E-state index in [-0.39, 0.29) is 17.6 Å². The lowest BCUT2D eigenvalue weighted by Gasteiger charge is -2.12. The Morgan fingerprint density at radius 1 is 1.00 bits per heavy atom. The summed E-state index contributed by atoms with van der Waals surface area (Å²) in [5.41, 5.74) is 6.73. The second-order valence-corrected chi connectivity index (χ2v) is 8.21. The molecule has 0 aliphatic carbocycles. The normalized spacial score (nSPS) is 11.3. The van der Waals surface area contributed by atoms with Crippen LogP contribution < -0.4 is 10.2 Å². The molecule has 1 heterocycles. The van der Waals surface area contributed by atoms with Gasteiger partial charge in [0.2, 0.25) is 0 Å². The molecule has 34 heavy (non-hydrogen) atoms. The lowest BCUT2D eigenvalue weighted by Crippen LogP contribution is -2.18. The van der Waals surface area contributed by atoms with E-state index in [1.165, 1.54) is 18.3 Å². The maximum Gasteiger partial charge on any atom is 0.272 e. The molecule has 3 N–H and O–H groups in total. The number of hydrogen-bond acceptors (Lipinski definition) is 6. The molecule has 0 aliphatic rings. The quantitative estimate of drug-likeness (QED) is 0.211. The van der Waals surface area contributed by atoms with Gasteiger partial charge in [-0.25, -0.2) is 10.4 Å². The molecular formula is C27H25N3O4. The minimum absolute atomic E-state index is 0.0780. The van der Waals surface area contributed by atoms with E-state index in [0.717, 1.165) is 22.3 Å². The number of hydrazone groups is 1. The van der Waals surface area contributed by atoms with Crippen LogP contribution in [0.1, 0.15) is 35.3 Å². The molecule has 0 bridgehead atoms. The van der Waals surface area contributed by atoms with Crippen molar-refractivity contribution in [3.8, 4) is 28.5 Å². The second kappa shape index (κ2) is 9.62. The second-order valence-electron chi connectivity index (χ2n) is 8.21. The molecule has 1 amide bonds. The minimum atomic E-state index is -0.390. The van der Waals surface area contributed by atoms with Gasteiger partial charge in [-0.2, -0.15) is 5.10 Å². The number of aromatic nitrogens is 1. The van der Waals surface area contributed by atoms with Crippen LogP contribution in [0.25, 0.3) is 22.2 Å². The summed E-state index contributed by atoms with van der Waals surface area (Å²) in [5, 5.41) is 23.8. The Bertz CT molecular complexity index is 1380. The fourth-order valence-corrected chi connectivity index (χ4v) is 3.50. The van der Waals surface area contributed by atoms with Gasteiger partial charge in [0, 0.05) is 10.9 Å². The summed E-state index contributed by atoms with van der Waals surface area (Å²) in [6.07, 6.45) is 1.47. The Morgan fingerprint density at radius 2 is 1.76 bits per heavy atom. The Kier molecular flexibility index (Phi) is 6.45. The number of rotatable bonds is 6. The van der Waals surface area contributed by atoms with Crippen LogP contribution in [0, 0.1) is 6.92 Å². The molecule has 0 saturated heterocycles.